The Kier molecular flexibility index (Phi) is 3.27. The summed E-state index contributed by atoms with van der Waals surface area (Å²) in [5.74, 6) is 0.318. The third-order valence-electron chi connectivity index (χ3n) is 8.77. The summed E-state index contributed by atoms with van der Waals surface area (Å²) in [6, 6.07) is 36.8. The summed E-state index contributed by atoms with van der Waals surface area (Å²) >= 11 is 0. The molecule has 0 nitrogen and oxygen atoms in total. The second-order valence-electron chi connectivity index (χ2n) is 10.4. The van der Waals surface area contributed by atoms with Crippen molar-refractivity contribution >= 4 is 11.6 Å². The van der Waals surface area contributed by atoms with Crippen LogP contribution in [0.4, 0.5) is 0 Å². The van der Waals surface area contributed by atoms with Gasteiger partial charge in [-0.15, -0.1) is 0 Å². The van der Waals surface area contributed by atoms with Gasteiger partial charge in [-0.25, -0.2) is 0 Å². The quantitative estimate of drug-likeness (QED) is 0.221. The lowest BCUT2D eigenvalue weighted by molar-refractivity contribution is 1.04. The normalized spacial score (nSPS) is 16.8. The van der Waals surface area contributed by atoms with Gasteiger partial charge in [0, 0.05) is 5.92 Å². The minimum atomic E-state index is 0.318. The van der Waals surface area contributed by atoms with Crippen LogP contribution in [-0.2, 0) is 12.8 Å². The van der Waals surface area contributed by atoms with Crippen molar-refractivity contribution in [1.82, 2.24) is 0 Å². The van der Waals surface area contributed by atoms with Gasteiger partial charge in [-0.3, -0.25) is 0 Å². The molecule has 0 fully saturated rings. The number of benzene rings is 5. The lowest BCUT2D eigenvalue weighted by Gasteiger charge is -2.31. The maximum absolute atomic E-state index is 2.54. The molecule has 0 radical (unpaired) electrons. The smallest absolute Gasteiger partial charge is 0.0358 e. The molecule has 4 aliphatic rings. The molecule has 9 rings (SSSR count). The fourth-order valence-corrected chi connectivity index (χ4v) is 7.32. The van der Waals surface area contributed by atoms with Gasteiger partial charge < -0.3 is 0 Å². The standard InChI is InChI=1S/C35H22/c1-5-11-25-20(7-1)15-23-18-32-30(19-29(23)25)28-14-13-27-24-10-4-2-8-21(24)16-31(27)35(28)33-17-22-9-3-6-12-26(22)34(32)33/h1-14,17-19,34H,15-16H2. The maximum Gasteiger partial charge on any atom is 0.0358 e. The van der Waals surface area contributed by atoms with E-state index in [1.54, 1.807) is 0 Å². The van der Waals surface area contributed by atoms with Crippen molar-refractivity contribution < 1.29 is 0 Å². The first-order valence-corrected chi connectivity index (χ1v) is 12.7. The van der Waals surface area contributed by atoms with Crippen LogP contribution in [0.1, 0.15) is 50.4 Å². The third-order valence-corrected chi connectivity index (χ3v) is 8.77. The molecular formula is C35H22. The second kappa shape index (κ2) is 6.29. The first kappa shape index (κ1) is 18.2. The molecule has 35 heavy (non-hydrogen) atoms. The molecule has 0 amide bonds. The van der Waals surface area contributed by atoms with Crippen molar-refractivity contribution in [3.05, 3.63) is 142 Å². The zero-order chi connectivity index (χ0) is 22.7. The molecule has 5 aromatic rings. The highest BCUT2D eigenvalue weighted by Gasteiger charge is 2.39. The van der Waals surface area contributed by atoms with Crippen LogP contribution in [0.25, 0.3) is 45.0 Å². The lowest BCUT2D eigenvalue weighted by atomic mass is 9.72. The number of rotatable bonds is 0. The molecule has 5 aromatic carbocycles. The van der Waals surface area contributed by atoms with Crippen molar-refractivity contribution in [3.8, 4) is 33.4 Å². The van der Waals surface area contributed by atoms with Crippen LogP contribution in [0.5, 0.6) is 0 Å². The van der Waals surface area contributed by atoms with Crippen LogP contribution in [0.3, 0.4) is 0 Å². The van der Waals surface area contributed by atoms with Gasteiger partial charge in [-0.2, -0.15) is 0 Å². The van der Waals surface area contributed by atoms with E-state index in [2.05, 4.69) is 103 Å². The molecule has 0 heterocycles. The predicted molar refractivity (Wildman–Crippen MR) is 145 cm³/mol. The summed E-state index contributed by atoms with van der Waals surface area (Å²) < 4.78 is 0. The van der Waals surface area contributed by atoms with Gasteiger partial charge in [-0.1, -0.05) is 91.0 Å². The summed E-state index contributed by atoms with van der Waals surface area (Å²) in [6.07, 6.45) is 4.55. The zero-order valence-electron chi connectivity index (χ0n) is 19.3. The minimum Gasteiger partial charge on any atom is -0.0619 e. The van der Waals surface area contributed by atoms with E-state index in [0.29, 0.717) is 5.92 Å². The summed E-state index contributed by atoms with van der Waals surface area (Å²) in [7, 11) is 0. The number of hydrogen-bond donors (Lipinski definition) is 0. The topological polar surface area (TPSA) is 0 Å². The Morgan fingerprint density at radius 1 is 0.486 bits per heavy atom. The van der Waals surface area contributed by atoms with Crippen LogP contribution in [0, 0.1) is 0 Å². The van der Waals surface area contributed by atoms with Crippen LogP contribution < -0.4 is 0 Å². The van der Waals surface area contributed by atoms with Gasteiger partial charge in [0.2, 0.25) is 0 Å². The van der Waals surface area contributed by atoms with E-state index in [1.165, 1.54) is 83.5 Å². The monoisotopic (exact) mass is 442 g/mol. The fourth-order valence-electron chi connectivity index (χ4n) is 7.32. The van der Waals surface area contributed by atoms with E-state index in [4.69, 9.17) is 0 Å². The van der Waals surface area contributed by atoms with E-state index < -0.39 is 0 Å². The number of hydrogen-bond acceptors (Lipinski definition) is 0. The first-order chi connectivity index (χ1) is 17.3. The van der Waals surface area contributed by atoms with Gasteiger partial charge in [0.15, 0.2) is 0 Å². The van der Waals surface area contributed by atoms with Gasteiger partial charge in [0.1, 0.15) is 0 Å². The molecule has 162 valence electrons. The van der Waals surface area contributed by atoms with Crippen molar-refractivity contribution in [1.29, 1.82) is 0 Å². The average molecular weight is 443 g/mol. The predicted octanol–water partition coefficient (Wildman–Crippen LogP) is 8.50. The van der Waals surface area contributed by atoms with Gasteiger partial charge >= 0.3 is 0 Å². The molecule has 0 saturated carbocycles. The van der Waals surface area contributed by atoms with E-state index in [-0.39, 0.29) is 0 Å². The van der Waals surface area contributed by atoms with Gasteiger partial charge in [0.05, 0.1) is 0 Å². The summed E-state index contributed by atoms with van der Waals surface area (Å²) in [4.78, 5) is 0. The zero-order valence-corrected chi connectivity index (χ0v) is 19.3. The second-order valence-corrected chi connectivity index (χ2v) is 10.4. The number of allylic oxidation sites excluding steroid dienone is 1. The molecule has 1 unspecified atom stereocenters. The van der Waals surface area contributed by atoms with Crippen molar-refractivity contribution in [2.45, 2.75) is 18.8 Å². The van der Waals surface area contributed by atoms with E-state index >= 15 is 0 Å². The molecule has 4 aliphatic carbocycles. The van der Waals surface area contributed by atoms with Crippen molar-refractivity contribution in [3.63, 3.8) is 0 Å². The Balaban J connectivity index is 1.38. The van der Waals surface area contributed by atoms with Crippen molar-refractivity contribution in [2.24, 2.45) is 0 Å². The molecule has 0 heteroatoms. The largest absolute Gasteiger partial charge is 0.0619 e. The molecule has 0 saturated heterocycles. The highest BCUT2D eigenvalue weighted by molar-refractivity contribution is 6.06. The van der Waals surface area contributed by atoms with E-state index in [9.17, 15) is 0 Å². The Bertz CT molecular complexity index is 1800. The van der Waals surface area contributed by atoms with Gasteiger partial charge in [0.25, 0.3) is 0 Å². The number of fused-ring (bicyclic) bond motifs is 15. The van der Waals surface area contributed by atoms with Crippen LogP contribution in [0.2, 0.25) is 0 Å². The summed E-state index contributed by atoms with van der Waals surface area (Å²) in [5.41, 5.74) is 21.7. The summed E-state index contributed by atoms with van der Waals surface area (Å²) in [6.45, 7) is 0. The molecule has 0 spiro atoms. The lowest BCUT2D eigenvalue weighted by Crippen LogP contribution is -2.12. The van der Waals surface area contributed by atoms with Crippen LogP contribution in [0.15, 0.2) is 97.1 Å². The molecule has 0 aliphatic heterocycles. The van der Waals surface area contributed by atoms with E-state index in [0.717, 1.165) is 12.8 Å². The Labute approximate surface area is 205 Å². The molecule has 0 bridgehead atoms. The highest BCUT2D eigenvalue weighted by atomic mass is 14.4. The highest BCUT2D eigenvalue weighted by Crippen LogP contribution is 2.58. The Hall–Kier alpha value is -4.16. The van der Waals surface area contributed by atoms with Gasteiger partial charge in [-0.05, 0) is 108 Å². The first-order valence-electron chi connectivity index (χ1n) is 12.7. The summed E-state index contributed by atoms with van der Waals surface area (Å²) in [5, 5.41) is 0. The fraction of sp³-hybridized carbons (Fsp3) is 0.0857. The van der Waals surface area contributed by atoms with Crippen LogP contribution in [-0.4, -0.2) is 0 Å². The Morgan fingerprint density at radius 3 is 2.09 bits per heavy atom. The third kappa shape index (κ3) is 2.23. The van der Waals surface area contributed by atoms with Crippen LogP contribution >= 0.6 is 0 Å². The Morgan fingerprint density at radius 2 is 1.20 bits per heavy atom. The maximum atomic E-state index is 2.54. The average Bonchev–Trinajstić information content (AvgIpc) is 3.58. The SMILES string of the molecule is C1=C2c3c(ccc4c3Cc3ccccc3-4)-c3cc4c(cc3C2c2ccccc21)Cc1ccccc1-4. The van der Waals surface area contributed by atoms with Crippen molar-refractivity contribution in [2.75, 3.05) is 0 Å². The minimum absolute atomic E-state index is 0.318. The van der Waals surface area contributed by atoms with E-state index in [1.807, 2.05) is 0 Å². The molecular weight excluding hydrogens is 420 g/mol. The molecule has 0 N–H and O–H groups in total. The molecule has 1 atom stereocenters. The molecule has 0 aromatic heterocycles.